The number of rotatable bonds is 6. The molecular weight excluding hydrogens is 380 g/mol. The van der Waals surface area contributed by atoms with Gasteiger partial charge in [-0.1, -0.05) is 37.8 Å². The van der Waals surface area contributed by atoms with Crippen molar-refractivity contribution in [1.29, 1.82) is 0 Å². The van der Waals surface area contributed by atoms with Gasteiger partial charge in [-0.25, -0.2) is 10.5 Å². The molecule has 2 aliphatic carbocycles. The molecule has 3 aliphatic rings. The Bertz CT molecular complexity index is 912. The molecule has 30 heavy (non-hydrogen) atoms. The maximum absolute atomic E-state index is 13.7. The summed E-state index contributed by atoms with van der Waals surface area (Å²) in [6.45, 7) is 0.745. The van der Waals surface area contributed by atoms with Crippen LogP contribution in [0.25, 0.3) is 11.0 Å². The minimum Gasteiger partial charge on any atom is -0.340 e. The van der Waals surface area contributed by atoms with E-state index in [2.05, 4.69) is 4.98 Å². The van der Waals surface area contributed by atoms with Crippen LogP contribution >= 0.6 is 0 Å². The number of carbonyl (C=O) groups excluding carboxylic acids is 2. The number of benzene rings is 1. The highest BCUT2D eigenvalue weighted by Gasteiger charge is 2.55. The molecule has 7 nitrogen and oxygen atoms in total. The van der Waals surface area contributed by atoms with E-state index in [4.69, 9.17) is 10.2 Å². The van der Waals surface area contributed by atoms with Crippen LogP contribution in [0.2, 0.25) is 0 Å². The van der Waals surface area contributed by atoms with Gasteiger partial charge in [-0.05, 0) is 49.1 Å². The van der Waals surface area contributed by atoms with Crippen LogP contribution in [-0.2, 0) is 9.59 Å². The fourth-order valence-electron chi connectivity index (χ4n) is 5.63. The lowest BCUT2D eigenvalue weighted by Gasteiger charge is -2.29. The fraction of sp³-hybridized carbons (Fsp3) is 0.609. The average molecular weight is 411 g/mol. The highest BCUT2D eigenvalue weighted by molar-refractivity contribution is 5.86. The number of fused-ring (bicyclic) bond motifs is 1. The lowest BCUT2D eigenvalue weighted by molar-refractivity contribution is -0.142. The van der Waals surface area contributed by atoms with E-state index in [1.807, 2.05) is 29.2 Å². The van der Waals surface area contributed by atoms with Gasteiger partial charge in [-0.2, -0.15) is 0 Å². The van der Waals surface area contributed by atoms with E-state index in [1.165, 1.54) is 12.8 Å². The minimum atomic E-state index is -0.480. The first-order chi connectivity index (χ1) is 14.6. The van der Waals surface area contributed by atoms with Gasteiger partial charge in [0.1, 0.15) is 5.82 Å². The van der Waals surface area contributed by atoms with Crippen LogP contribution in [0.1, 0.15) is 69.7 Å². The van der Waals surface area contributed by atoms with E-state index in [-0.39, 0.29) is 29.7 Å². The highest BCUT2D eigenvalue weighted by Crippen LogP contribution is 2.58. The number of para-hydroxylation sites is 2. The zero-order chi connectivity index (χ0) is 20.7. The summed E-state index contributed by atoms with van der Waals surface area (Å²) >= 11 is 0. The Morgan fingerprint density at radius 2 is 2.03 bits per heavy atom. The van der Waals surface area contributed by atoms with Gasteiger partial charge in [0.15, 0.2) is 0 Å². The lowest BCUT2D eigenvalue weighted by atomic mass is 9.89. The second-order valence-electron chi connectivity index (χ2n) is 9.65. The van der Waals surface area contributed by atoms with Crippen LogP contribution in [0.5, 0.6) is 0 Å². The number of hydrogen-bond donors (Lipinski definition) is 3. The standard InChI is InChI=1S/C23H30N4O3/c28-20(26-30)12-16(11-15-5-1-2-6-15)22(29)27-14-23(9-10-23)13-19(27)21-24-17-7-3-4-8-18(17)25-21/h3-4,7-8,15-16,19,30H,1-2,5-6,9-14H2,(H,24,25)(H,26,28). The molecule has 7 heteroatoms. The van der Waals surface area contributed by atoms with E-state index in [9.17, 15) is 9.59 Å². The second-order valence-corrected chi connectivity index (χ2v) is 9.65. The molecule has 5 rings (SSSR count). The molecule has 3 fully saturated rings. The molecule has 2 saturated carbocycles. The Labute approximate surface area is 176 Å². The van der Waals surface area contributed by atoms with Crippen LogP contribution in [0.3, 0.4) is 0 Å². The lowest BCUT2D eigenvalue weighted by Crippen LogP contribution is -2.39. The maximum atomic E-state index is 13.7. The van der Waals surface area contributed by atoms with Crippen molar-refractivity contribution < 1.29 is 14.8 Å². The quantitative estimate of drug-likeness (QED) is 0.499. The molecule has 1 aromatic heterocycles. The van der Waals surface area contributed by atoms with Crippen LogP contribution in [-0.4, -0.2) is 38.4 Å². The second kappa shape index (κ2) is 7.69. The van der Waals surface area contributed by atoms with Gasteiger partial charge < -0.3 is 9.88 Å². The van der Waals surface area contributed by atoms with Crippen molar-refractivity contribution in [3.63, 3.8) is 0 Å². The van der Waals surface area contributed by atoms with Crippen molar-refractivity contribution in [3.8, 4) is 0 Å². The van der Waals surface area contributed by atoms with E-state index in [1.54, 1.807) is 5.48 Å². The summed E-state index contributed by atoms with van der Waals surface area (Å²) in [5.41, 5.74) is 3.85. The van der Waals surface area contributed by atoms with Crippen molar-refractivity contribution in [2.75, 3.05) is 6.54 Å². The van der Waals surface area contributed by atoms with E-state index < -0.39 is 5.91 Å². The first kappa shape index (κ1) is 19.5. The molecule has 2 amide bonds. The molecule has 1 saturated heterocycles. The number of nitrogens with zero attached hydrogens (tertiary/aromatic N) is 2. The normalized spacial score (nSPS) is 23.9. The summed E-state index contributed by atoms with van der Waals surface area (Å²) in [6, 6.07) is 7.87. The van der Waals surface area contributed by atoms with Gasteiger partial charge in [0.25, 0.3) is 0 Å². The van der Waals surface area contributed by atoms with Gasteiger partial charge in [-0.3, -0.25) is 14.8 Å². The van der Waals surface area contributed by atoms with Gasteiger partial charge in [-0.15, -0.1) is 0 Å². The zero-order valence-electron chi connectivity index (χ0n) is 17.3. The number of carbonyl (C=O) groups is 2. The number of nitrogens with one attached hydrogen (secondary N) is 2. The molecule has 2 atom stereocenters. The van der Waals surface area contributed by atoms with Crippen molar-refractivity contribution in [3.05, 3.63) is 30.1 Å². The summed E-state index contributed by atoms with van der Waals surface area (Å²) in [6.07, 6.45) is 8.66. The Morgan fingerprint density at radius 1 is 1.27 bits per heavy atom. The number of imidazole rings is 1. The molecule has 1 spiro atoms. The van der Waals surface area contributed by atoms with Crippen LogP contribution < -0.4 is 5.48 Å². The van der Waals surface area contributed by atoms with Gasteiger partial charge in [0.2, 0.25) is 11.8 Å². The first-order valence-electron chi connectivity index (χ1n) is 11.2. The minimum absolute atomic E-state index is 0.0414. The summed E-state index contributed by atoms with van der Waals surface area (Å²) in [7, 11) is 0. The molecule has 0 radical (unpaired) electrons. The smallest absolute Gasteiger partial charge is 0.244 e. The molecule has 0 bridgehead atoms. The molecule has 160 valence electrons. The van der Waals surface area contributed by atoms with Gasteiger partial charge in [0.05, 0.1) is 17.1 Å². The Balaban J connectivity index is 1.41. The molecular formula is C23H30N4O3. The SMILES string of the molecule is O=C(CC(CC1CCCC1)C(=O)N1CC2(CC2)CC1c1nc2ccccc2[nH]1)NO. The van der Waals surface area contributed by atoms with E-state index >= 15 is 0 Å². The number of likely N-dealkylation sites (tertiary alicyclic amines) is 1. The molecule has 3 N–H and O–H groups in total. The van der Waals surface area contributed by atoms with Crippen molar-refractivity contribution in [2.45, 2.75) is 63.8 Å². The summed E-state index contributed by atoms with van der Waals surface area (Å²) in [5.74, 6) is 0.514. The molecule has 2 heterocycles. The number of hydroxylamine groups is 1. The third-order valence-electron chi connectivity index (χ3n) is 7.47. The van der Waals surface area contributed by atoms with Crippen molar-refractivity contribution >= 4 is 22.8 Å². The van der Waals surface area contributed by atoms with Crippen molar-refractivity contribution in [1.82, 2.24) is 20.3 Å². The van der Waals surface area contributed by atoms with E-state index in [0.717, 1.165) is 61.9 Å². The predicted molar refractivity (Wildman–Crippen MR) is 111 cm³/mol. The first-order valence-corrected chi connectivity index (χ1v) is 11.2. The Morgan fingerprint density at radius 3 is 2.73 bits per heavy atom. The van der Waals surface area contributed by atoms with Crippen molar-refractivity contribution in [2.24, 2.45) is 17.3 Å². The number of hydrogen-bond acceptors (Lipinski definition) is 4. The van der Waals surface area contributed by atoms with E-state index in [0.29, 0.717) is 5.92 Å². The number of aromatic nitrogens is 2. The van der Waals surface area contributed by atoms with Gasteiger partial charge in [0, 0.05) is 18.9 Å². The number of H-pyrrole nitrogens is 1. The monoisotopic (exact) mass is 410 g/mol. The average Bonchev–Trinajstić information content (AvgIpc) is 3.12. The number of amides is 2. The fourth-order valence-corrected chi connectivity index (χ4v) is 5.63. The summed E-state index contributed by atoms with van der Waals surface area (Å²) < 4.78 is 0. The Hall–Kier alpha value is -2.41. The summed E-state index contributed by atoms with van der Waals surface area (Å²) in [5, 5.41) is 9.06. The number of aromatic amines is 1. The molecule has 1 aliphatic heterocycles. The molecule has 2 aromatic rings. The van der Waals surface area contributed by atoms with Crippen LogP contribution in [0.4, 0.5) is 0 Å². The topological polar surface area (TPSA) is 98.3 Å². The summed E-state index contributed by atoms with van der Waals surface area (Å²) in [4.78, 5) is 35.9. The highest BCUT2D eigenvalue weighted by atomic mass is 16.5. The maximum Gasteiger partial charge on any atom is 0.244 e. The van der Waals surface area contributed by atoms with Crippen LogP contribution in [0.15, 0.2) is 24.3 Å². The molecule has 1 aromatic carbocycles. The van der Waals surface area contributed by atoms with Crippen LogP contribution in [0, 0.1) is 17.3 Å². The third kappa shape index (κ3) is 3.71. The largest absolute Gasteiger partial charge is 0.340 e. The zero-order valence-corrected chi connectivity index (χ0v) is 17.3. The Kier molecular flexibility index (Phi) is 5.01. The third-order valence-corrected chi connectivity index (χ3v) is 7.47. The predicted octanol–water partition coefficient (Wildman–Crippen LogP) is 3.71. The molecule has 2 unspecified atom stereocenters. The van der Waals surface area contributed by atoms with Gasteiger partial charge >= 0.3 is 0 Å².